The molecule has 0 saturated heterocycles. The van der Waals surface area contributed by atoms with Crippen molar-refractivity contribution in [2.75, 3.05) is 18.0 Å². The quantitative estimate of drug-likeness (QED) is 0.288. The predicted molar refractivity (Wildman–Crippen MR) is 139 cm³/mol. The number of hydrogen-bond donors (Lipinski definition) is 0. The third-order valence-electron chi connectivity index (χ3n) is 5.34. The molecule has 0 fully saturated rings. The smallest absolute Gasteiger partial charge is 0.417 e. The monoisotopic (exact) mass is 555 g/mol. The van der Waals surface area contributed by atoms with Crippen LogP contribution in [-0.2, 0) is 11.2 Å². The van der Waals surface area contributed by atoms with Crippen molar-refractivity contribution in [2.24, 2.45) is 0 Å². The van der Waals surface area contributed by atoms with Gasteiger partial charge >= 0.3 is 6.09 Å². The Morgan fingerprint density at radius 1 is 1.21 bits per heavy atom. The first-order chi connectivity index (χ1) is 15.7. The van der Waals surface area contributed by atoms with E-state index in [1.807, 2.05) is 54.6 Å². The number of aromatic nitrogens is 1. The van der Waals surface area contributed by atoms with Gasteiger partial charge in [-0.15, -0.1) is 6.58 Å². The van der Waals surface area contributed by atoms with Gasteiger partial charge in [-0.2, -0.15) is 0 Å². The van der Waals surface area contributed by atoms with E-state index in [9.17, 15) is 9.59 Å². The number of carbonyl (C=O) groups is 2. The Bertz CT molecular complexity index is 1250. The lowest BCUT2D eigenvalue weighted by Crippen LogP contribution is -2.45. The summed E-state index contributed by atoms with van der Waals surface area (Å²) in [5.74, 6) is 0.358. The summed E-state index contributed by atoms with van der Waals surface area (Å²) >= 11 is 2.30. The lowest BCUT2D eigenvalue weighted by Gasteiger charge is -2.33. The van der Waals surface area contributed by atoms with Gasteiger partial charge in [0.2, 0.25) is 0 Å². The van der Waals surface area contributed by atoms with Crippen molar-refractivity contribution in [1.82, 2.24) is 9.88 Å². The number of pyridine rings is 1. The van der Waals surface area contributed by atoms with E-state index in [0.717, 1.165) is 20.2 Å². The second-order valence-electron chi connectivity index (χ2n) is 8.84. The average molecular weight is 555 g/mol. The number of benzene rings is 2. The molecule has 0 unspecified atom stereocenters. The molecule has 1 aliphatic heterocycles. The van der Waals surface area contributed by atoms with Gasteiger partial charge < -0.3 is 9.64 Å². The van der Waals surface area contributed by atoms with Gasteiger partial charge in [0.1, 0.15) is 11.4 Å². The molecule has 0 atom stereocenters. The van der Waals surface area contributed by atoms with Crippen LogP contribution in [0.25, 0.3) is 10.9 Å². The molecule has 4 rings (SSSR count). The standard InChI is InChI=1S/C26H26IN3O3/c1-5-15-29(21-13-9-7-11-19(21)27)23-18-14-16-30(25(32)33-26(2,3)4)24(31)22(18)17-10-6-8-12-20(17)28-23/h5-13H,1,14-16H2,2-4H3. The third-order valence-corrected chi connectivity index (χ3v) is 6.25. The van der Waals surface area contributed by atoms with E-state index in [4.69, 9.17) is 9.72 Å². The second-order valence-corrected chi connectivity index (χ2v) is 10.0. The van der Waals surface area contributed by atoms with Gasteiger partial charge in [0.05, 0.1) is 16.8 Å². The first-order valence-electron chi connectivity index (χ1n) is 10.8. The predicted octanol–water partition coefficient (Wildman–Crippen LogP) is 6.10. The summed E-state index contributed by atoms with van der Waals surface area (Å²) < 4.78 is 6.57. The largest absolute Gasteiger partial charge is 0.443 e. The zero-order valence-corrected chi connectivity index (χ0v) is 21.1. The number of halogens is 1. The van der Waals surface area contributed by atoms with Crippen LogP contribution in [0.5, 0.6) is 0 Å². The fourth-order valence-electron chi connectivity index (χ4n) is 3.99. The summed E-state index contributed by atoms with van der Waals surface area (Å²) in [5.41, 5.74) is 2.34. The van der Waals surface area contributed by atoms with E-state index < -0.39 is 11.7 Å². The first-order valence-corrected chi connectivity index (χ1v) is 11.9. The van der Waals surface area contributed by atoms with Gasteiger partial charge in [-0.25, -0.2) is 14.7 Å². The Labute approximate surface area is 207 Å². The zero-order chi connectivity index (χ0) is 23.8. The minimum absolute atomic E-state index is 0.238. The molecule has 0 bridgehead atoms. The number of hydrogen-bond acceptors (Lipinski definition) is 5. The average Bonchev–Trinajstić information content (AvgIpc) is 2.76. The topological polar surface area (TPSA) is 62.7 Å². The van der Waals surface area contributed by atoms with Gasteiger partial charge in [0.25, 0.3) is 5.91 Å². The Hall–Kier alpha value is -2.94. The molecule has 170 valence electrons. The van der Waals surface area contributed by atoms with E-state index in [0.29, 0.717) is 29.9 Å². The highest BCUT2D eigenvalue weighted by Crippen LogP contribution is 2.37. The third kappa shape index (κ3) is 4.59. The molecular formula is C26H26IN3O3. The Balaban J connectivity index is 1.90. The van der Waals surface area contributed by atoms with Crippen LogP contribution in [0.4, 0.5) is 16.3 Å². The number of carbonyl (C=O) groups excluding carboxylic acids is 2. The maximum absolute atomic E-state index is 13.7. The minimum atomic E-state index is -0.687. The molecule has 2 heterocycles. The highest BCUT2D eigenvalue weighted by Gasteiger charge is 2.36. The van der Waals surface area contributed by atoms with Gasteiger partial charge in [-0.1, -0.05) is 36.4 Å². The molecule has 0 aliphatic carbocycles. The van der Waals surface area contributed by atoms with Crippen LogP contribution in [0.2, 0.25) is 0 Å². The molecule has 0 radical (unpaired) electrons. The fraction of sp³-hybridized carbons (Fsp3) is 0.269. The molecule has 0 N–H and O–H groups in total. The summed E-state index contributed by atoms with van der Waals surface area (Å²) in [6, 6.07) is 15.6. The van der Waals surface area contributed by atoms with E-state index in [2.05, 4.69) is 34.1 Å². The molecule has 1 aliphatic rings. The molecular weight excluding hydrogens is 529 g/mol. The highest BCUT2D eigenvalue weighted by molar-refractivity contribution is 14.1. The number of para-hydroxylation sites is 2. The van der Waals surface area contributed by atoms with E-state index in [1.54, 1.807) is 20.8 Å². The molecule has 0 spiro atoms. The second kappa shape index (κ2) is 9.13. The van der Waals surface area contributed by atoms with Crippen LogP contribution in [0.1, 0.15) is 36.7 Å². The molecule has 2 aromatic carbocycles. The number of ether oxygens (including phenoxy) is 1. The lowest BCUT2D eigenvalue weighted by molar-refractivity contribution is 0.0234. The summed E-state index contributed by atoms with van der Waals surface area (Å²) in [5, 5.41) is 0.732. The summed E-state index contributed by atoms with van der Waals surface area (Å²) in [7, 11) is 0. The molecule has 7 heteroatoms. The number of fused-ring (bicyclic) bond motifs is 3. The van der Waals surface area contributed by atoms with Crippen molar-refractivity contribution < 1.29 is 14.3 Å². The SMILES string of the molecule is C=CCN(c1ccccc1I)c1nc2ccccc2c2c1CCN(C(=O)OC(C)(C)C)C2=O. The zero-order valence-electron chi connectivity index (χ0n) is 19.0. The van der Waals surface area contributed by atoms with Crippen molar-refractivity contribution in [2.45, 2.75) is 32.8 Å². The number of amides is 2. The maximum Gasteiger partial charge on any atom is 0.417 e. The van der Waals surface area contributed by atoms with Gasteiger partial charge in [-0.3, -0.25) is 4.79 Å². The molecule has 6 nitrogen and oxygen atoms in total. The van der Waals surface area contributed by atoms with Crippen molar-refractivity contribution in [3.63, 3.8) is 0 Å². The van der Waals surface area contributed by atoms with Gasteiger partial charge in [0.15, 0.2) is 0 Å². The molecule has 1 aromatic heterocycles. The molecule has 0 saturated carbocycles. The van der Waals surface area contributed by atoms with E-state index in [-0.39, 0.29) is 12.5 Å². The Kier molecular flexibility index (Phi) is 6.43. The summed E-state index contributed by atoms with van der Waals surface area (Å²) in [6.45, 7) is 10.1. The van der Waals surface area contributed by atoms with Crippen LogP contribution in [0, 0.1) is 3.57 Å². The van der Waals surface area contributed by atoms with Crippen LogP contribution in [-0.4, -0.2) is 40.6 Å². The minimum Gasteiger partial charge on any atom is -0.443 e. The highest BCUT2D eigenvalue weighted by atomic mass is 127. The Morgan fingerprint density at radius 3 is 2.61 bits per heavy atom. The summed E-state index contributed by atoms with van der Waals surface area (Å²) in [4.78, 5) is 34.7. The van der Waals surface area contributed by atoms with E-state index >= 15 is 0 Å². The van der Waals surface area contributed by atoms with Crippen LogP contribution in [0.3, 0.4) is 0 Å². The normalized spacial score (nSPS) is 13.6. The number of imide groups is 1. The van der Waals surface area contributed by atoms with E-state index in [1.165, 1.54) is 4.90 Å². The molecule has 33 heavy (non-hydrogen) atoms. The Morgan fingerprint density at radius 2 is 1.91 bits per heavy atom. The van der Waals surface area contributed by atoms with Gasteiger partial charge in [-0.05, 0) is 68.0 Å². The summed E-state index contributed by atoms with van der Waals surface area (Å²) in [6.07, 6.45) is 1.69. The van der Waals surface area contributed by atoms with Crippen LogP contribution < -0.4 is 4.90 Å². The first kappa shape index (κ1) is 23.2. The van der Waals surface area contributed by atoms with Crippen LogP contribution in [0.15, 0.2) is 61.2 Å². The van der Waals surface area contributed by atoms with Crippen molar-refractivity contribution in [3.8, 4) is 0 Å². The number of nitrogens with zero attached hydrogens (tertiary/aromatic N) is 3. The lowest BCUT2D eigenvalue weighted by atomic mass is 9.95. The molecule has 2 amide bonds. The van der Waals surface area contributed by atoms with Gasteiger partial charge in [0, 0.05) is 27.6 Å². The number of anilines is 2. The fourth-order valence-corrected chi connectivity index (χ4v) is 4.67. The molecule has 3 aromatic rings. The maximum atomic E-state index is 13.7. The van der Waals surface area contributed by atoms with Crippen molar-refractivity contribution in [1.29, 1.82) is 0 Å². The number of rotatable bonds is 4. The van der Waals surface area contributed by atoms with Crippen molar-refractivity contribution >= 4 is 57.0 Å². The van der Waals surface area contributed by atoms with Crippen molar-refractivity contribution in [3.05, 3.63) is 75.9 Å². The van der Waals surface area contributed by atoms with Crippen LogP contribution >= 0.6 is 22.6 Å².